The summed E-state index contributed by atoms with van der Waals surface area (Å²) < 4.78 is 7.33. The molecule has 0 unspecified atom stereocenters. The lowest BCUT2D eigenvalue weighted by atomic mass is 10.2. The van der Waals surface area contributed by atoms with Crippen LogP contribution in [0, 0.1) is 0 Å². The minimum atomic E-state index is -0.221. The van der Waals surface area contributed by atoms with Crippen molar-refractivity contribution in [3.8, 4) is 0 Å². The fraction of sp³-hybridized carbons (Fsp3) is 0.375. The number of fused-ring (bicyclic) bond motifs is 1. The molecule has 8 heteroatoms. The van der Waals surface area contributed by atoms with Crippen LogP contribution in [-0.4, -0.2) is 35.8 Å². The van der Waals surface area contributed by atoms with Crippen molar-refractivity contribution in [3.63, 3.8) is 0 Å². The number of carbonyl (C=O) groups is 1. The van der Waals surface area contributed by atoms with Crippen LogP contribution in [0.2, 0.25) is 0 Å². The zero-order chi connectivity index (χ0) is 16.5. The number of nitrogens with zero attached hydrogens (tertiary/aromatic N) is 5. The molecule has 8 nitrogen and oxygen atoms in total. The number of amides is 1. The molecule has 0 radical (unpaired) electrons. The molecule has 3 heterocycles. The van der Waals surface area contributed by atoms with Crippen LogP contribution in [0.25, 0.3) is 0 Å². The number of aromatic nitrogens is 5. The summed E-state index contributed by atoms with van der Waals surface area (Å²) in [6.45, 7) is 0.779. The Hall–Kier alpha value is -2.90. The highest BCUT2D eigenvalue weighted by molar-refractivity contribution is 5.90. The maximum absolute atomic E-state index is 12.8. The van der Waals surface area contributed by atoms with Crippen LogP contribution in [0.5, 0.6) is 0 Å². The predicted octanol–water partition coefficient (Wildman–Crippen LogP) is 1.46. The summed E-state index contributed by atoms with van der Waals surface area (Å²) in [5.41, 5.74) is 3.49. The van der Waals surface area contributed by atoms with Gasteiger partial charge in [0.25, 0.3) is 5.91 Å². The molecule has 0 atom stereocenters. The average Bonchev–Trinajstić information content (AvgIpc) is 3.35. The Labute approximate surface area is 138 Å². The second kappa shape index (κ2) is 5.95. The van der Waals surface area contributed by atoms with Crippen LogP contribution >= 0.6 is 0 Å². The Bertz CT molecular complexity index is 834. The van der Waals surface area contributed by atoms with Gasteiger partial charge in [0, 0.05) is 12.7 Å². The van der Waals surface area contributed by atoms with Crippen molar-refractivity contribution in [2.75, 3.05) is 0 Å². The van der Waals surface area contributed by atoms with Crippen molar-refractivity contribution in [2.24, 2.45) is 7.05 Å². The van der Waals surface area contributed by atoms with Crippen LogP contribution in [0.15, 0.2) is 29.1 Å². The lowest BCUT2D eigenvalue weighted by Gasteiger charge is -2.20. The quantitative estimate of drug-likeness (QED) is 0.766. The minimum absolute atomic E-state index is 0.217. The average molecular weight is 326 g/mol. The fourth-order valence-electron chi connectivity index (χ4n) is 3.25. The number of rotatable bonds is 5. The number of hydrogen-bond donors (Lipinski definition) is 1. The summed E-state index contributed by atoms with van der Waals surface area (Å²) in [7, 11) is 1.96. The number of aromatic amines is 1. The molecule has 0 aromatic carbocycles. The highest BCUT2D eigenvalue weighted by Gasteiger charge is 2.26. The number of nitrogens with one attached hydrogen (secondary N) is 1. The maximum Gasteiger partial charge on any atom is 0.291 e. The first kappa shape index (κ1) is 14.7. The van der Waals surface area contributed by atoms with Gasteiger partial charge in [-0.05, 0) is 37.0 Å². The monoisotopic (exact) mass is 326 g/mol. The second-order valence-electron chi connectivity index (χ2n) is 5.92. The van der Waals surface area contributed by atoms with Gasteiger partial charge in [0.15, 0.2) is 0 Å². The van der Waals surface area contributed by atoms with E-state index in [0.717, 1.165) is 30.7 Å². The maximum atomic E-state index is 12.8. The number of carbonyl (C=O) groups excluding carboxylic acids is 1. The Kier molecular flexibility index (Phi) is 3.64. The lowest BCUT2D eigenvalue weighted by molar-refractivity contribution is 0.0702. The van der Waals surface area contributed by atoms with Crippen molar-refractivity contribution >= 4 is 5.91 Å². The van der Waals surface area contributed by atoms with E-state index in [4.69, 9.17) is 4.42 Å². The summed E-state index contributed by atoms with van der Waals surface area (Å²) in [5, 5.41) is 11.0. The van der Waals surface area contributed by atoms with Crippen LogP contribution in [0.4, 0.5) is 0 Å². The zero-order valence-corrected chi connectivity index (χ0v) is 13.4. The summed E-state index contributed by atoms with van der Waals surface area (Å²) >= 11 is 0. The van der Waals surface area contributed by atoms with Gasteiger partial charge < -0.3 is 9.32 Å². The predicted molar refractivity (Wildman–Crippen MR) is 83.9 cm³/mol. The van der Waals surface area contributed by atoms with Crippen molar-refractivity contribution in [1.82, 2.24) is 29.9 Å². The van der Waals surface area contributed by atoms with Gasteiger partial charge >= 0.3 is 0 Å². The molecule has 3 aromatic rings. The van der Waals surface area contributed by atoms with E-state index in [1.54, 1.807) is 11.2 Å². The molecule has 0 bridgehead atoms. The van der Waals surface area contributed by atoms with Crippen LogP contribution in [0.1, 0.15) is 39.8 Å². The minimum Gasteiger partial charge on any atom is -0.467 e. The third-order valence-corrected chi connectivity index (χ3v) is 4.37. The molecule has 0 saturated heterocycles. The summed E-state index contributed by atoms with van der Waals surface area (Å²) in [6, 6.07) is 3.66. The van der Waals surface area contributed by atoms with E-state index in [0.29, 0.717) is 13.1 Å². The van der Waals surface area contributed by atoms with Crippen molar-refractivity contribution < 1.29 is 9.21 Å². The summed E-state index contributed by atoms with van der Waals surface area (Å²) in [4.78, 5) is 18.4. The molecule has 1 amide bonds. The molecular weight excluding hydrogens is 308 g/mol. The Morgan fingerprint density at radius 2 is 2.33 bits per heavy atom. The first-order chi connectivity index (χ1) is 11.7. The van der Waals surface area contributed by atoms with Gasteiger partial charge in [0.1, 0.15) is 12.1 Å². The third-order valence-electron chi connectivity index (χ3n) is 4.37. The fourth-order valence-corrected chi connectivity index (χ4v) is 3.25. The first-order valence-electron chi connectivity index (χ1n) is 7.93. The molecule has 1 N–H and O–H groups in total. The number of H-pyrrole nitrogens is 1. The lowest BCUT2D eigenvalue weighted by Crippen LogP contribution is -2.31. The molecule has 24 heavy (non-hydrogen) atoms. The van der Waals surface area contributed by atoms with Gasteiger partial charge in [0.2, 0.25) is 5.82 Å². The Balaban J connectivity index is 1.63. The molecule has 0 saturated carbocycles. The molecular formula is C16H18N6O2. The van der Waals surface area contributed by atoms with Gasteiger partial charge in [-0.25, -0.2) is 4.98 Å². The van der Waals surface area contributed by atoms with E-state index in [9.17, 15) is 4.79 Å². The summed E-state index contributed by atoms with van der Waals surface area (Å²) in [5.74, 6) is 0.714. The molecule has 1 aliphatic rings. The molecule has 0 aliphatic heterocycles. The topological polar surface area (TPSA) is 92.8 Å². The van der Waals surface area contributed by atoms with Gasteiger partial charge in [-0.1, -0.05) is 0 Å². The van der Waals surface area contributed by atoms with E-state index in [-0.39, 0.29) is 11.7 Å². The van der Waals surface area contributed by atoms with E-state index in [1.165, 1.54) is 17.6 Å². The van der Waals surface area contributed by atoms with Crippen molar-refractivity contribution in [3.05, 3.63) is 53.3 Å². The van der Waals surface area contributed by atoms with E-state index in [2.05, 4.69) is 20.3 Å². The van der Waals surface area contributed by atoms with Gasteiger partial charge in [-0.2, -0.15) is 10.2 Å². The first-order valence-corrected chi connectivity index (χ1v) is 7.93. The molecule has 4 rings (SSSR count). The third kappa shape index (κ3) is 2.60. The van der Waals surface area contributed by atoms with E-state index < -0.39 is 0 Å². The zero-order valence-electron chi connectivity index (χ0n) is 13.4. The molecule has 124 valence electrons. The highest BCUT2D eigenvalue weighted by atomic mass is 16.3. The molecule has 1 aliphatic carbocycles. The molecule has 0 fully saturated rings. The number of furan rings is 1. The smallest absolute Gasteiger partial charge is 0.291 e. The van der Waals surface area contributed by atoms with E-state index >= 15 is 0 Å². The van der Waals surface area contributed by atoms with Crippen molar-refractivity contribution in [2.45, 2.75) is 32.4 Å². The van der Waals surface area contributed by atoms with Crippen LogP contribution in [-0.2, 0) is 33.0 Å². The van der Waals surface area contributed by atoms with Gasteiger partial charge in [-0.3, -0.25) is 14.6 Å². The molecule has 3 aromatic heterocycles. The standard InChI is InChI=1S/C16H18N6O2/c1-21-14-6-2-5-12(14)13(20-21)9-22(8-11-4-3-7-24-11)16(23)15-17-10-18-19-15/h3-4,7,10H,2,5-6,8-9H2,1H3,(H,17,18,19). The molecule has 0 spiro atoms. The normalized spacial score (nSPS) is 13.2. The number of aryl methyl sites for hydroxylation is 1. The van der Waals surface area contributed by atoms with Crippen molar-refractivity contribution in [1.29, 1.82) is 0 Å². The largest absolute Gasteiger partial charge is 0.467 e. The Morgan fingerprint density at radius 1 is 1.42 bits per heavy atom. The van der Waals surface area contributed by atoms with Gasteiger partial charge in [0.05, 0.1) is 25.0 Å². The van der Waals surface area contributed by atoms with Crippen LogP contribution < -0.4 is 0 Å². The second-order valence-corrected chi connectivity index (χ2v) is 5.92. The van der Waals surface area contributed by atoms with Crippen LogP contribution in [0.3, 0.4) is 0 Å². The van der Waals surface area contributed by atoms with Gasteiger partial charge in [-0.15, -0.1) is 0 Å². The highest BCUT2D eigenvalue weighted by Crippen LogP contribution is 2.26. The Morgan fingerprint density at radius 3 is 3.08 bits per heavy atom. The number of hydrogen-bond acceptors (Lipinski definition) is 5. The van der Waals surface area contributed by atoms with E-state index in [1.807, 2.05) is 23.9 Å². The SMILES string of the molecule is Cn1nc(CN(Cc2ccco2)C(=O)c2ncn[nH]2)c2c1CCC2. The summed E-state index contributed by atoms with van der Waals surface area (Å²) in [6.07, 6.45) is 6.14.